The lowest BCUT2D eigenvalue weighted by molar-refractivity contribution is 0.226. The average Bonchev–Trinajstić information content (AvgIpc) is 3.25. The van der Waals surface area contributed by atoms with Crippen LogP contribution in [-0.2, 0) is 6.54 Å². The first-order valence-corrected chi connectivity index (χ1v) is 10.1. The van der Waals surface area contributed by atoms with E-state index in [4.69, 9.17) is 15.7 Å². The summed E-state index contributed by atoms with van der Waals surface area (Å²) in [7, 11) is 0. The van der Waals surface area contributed by atoms with Crippen molar-refractivity contribution in [2.75, 3.05) is 0 Å². The highest BCUT2D eigenvalue weighted by Crippen LogP contribution is 2.34. The van der Waals surface area contributed by atoms with Gasteiger partial charge in [-0.1, -0.05) is 0 Å². The van der Waals surface area contributed by atoms with E-state index in [9.17, 15) is 9.30 Å². The van der Waals surface area contributed by atoms with E-state index in [1.54, 1.807) is 36.0 Å². The zero-order valence-corrected chi connectivity index (χ0v) is 18.4. The van der Waals surface area contributed by atoms with Crippen molar-refractivity contribution in [2.45, 2.75) is 19.6 Å². The van der Waals surface area contributed by atoms with Gasteiger partial charge in [0.1, 0.15) is 18.0 Å². The summed E-state index contributed by atoms with van der Waals surface area (Å²) in [6, 6.07) is 9.44. The van der Waals surface area contributed by atoms with Crippen molar-refractivity contribution in [3.05, 3.63) is 81.0 Å². The maximum atomic E-state index is 14.1. The van der Waals surface area contributed by atoms with Gasteiger partial charge in [-0.2, -0.15) is 10.4 Å². The molecule has 1 aromatic carbocycles. The lowest BCUT2D eigenvalue weighted by Gasteiger charge is -2.20. The minimum absolute atomic E-state index is 0.117. The summed E-state index contributed by atoms with van der Waals surface area (Å²) < 4.78 is 22.2. The first-order valence-electron chi connectivity index (χ1n) is 9.27. The van der Waals surface area contributed by atoms with Crippen LogP contribution in [0.1, 0.15) is 24.3 Å². The number of allylic oxidation sites excluding steroid dienone is 1. The van der Waals surface area contributed by atoms with Gasteiger partial charge in [-0.3, -0.25) is 4.99 Å². The summed E-state index contributed by atoms with van der Waals surface area (Å²) in [6.07, 6.45) is 4.86. The number of halogens is 2. The van der Waals surface area contributed by atoms with Crippen LogP contribution in [0.5, 0.6) is 5.75 Å². The van der Waals surface area contributed by atoms with Crippen LogP contribution in [-0.4, -0.2) is 21.0 Å². The number of nitriles is 1. The number of aliphatic imine (C=N–C) groups is 1. The highest BCUT2D eigenvalue weighted by molar-refractivity contribution is 9.10. The summed E-state index contributed by atoms with van der Waals surface area (Å²) in [5.74, 6) is -0.424. The first kappa shape index (κ1) is 22.8. The van der Waals surface area contributed by atoms with E-state index in [1.807, 2.05) is 6.07 Å². The van der Waals surface area contributed by atoms with Gasteiger partial charge >= 0.3 is 0 Å². The minimum atomic E-state index is -0.678. The van der Waals surface area contributed by atoms with E-state index in [-0.39, 0.29) is 23.7 Å². The molecule has 0 aliphatic rings. The van der Waals surface area contributed by atoms with Crippen LogP contribution in [0.4, 0.5) is 10.2 Å². The molecule has 1 atom stereocenters. The Morgan fingerprint density at radius 1 is 1.44 bits per heavy atom. The number of ether oxygens (including phenoxy) is 1. The second-order valence-electron chi connectivity index (χ2n) is 6.47. The number of hydrogen-bond acceptors (Lipinski definition) is 8. The highest BCUT2D eigenvalue weighted by atomic mass is 79.9. The van der Waals surface area contributed by atoms with Crippen LogP contribution in [0.2, 0.25) is 0 Å². The summed E-state index contributed by atoms with van der Waals surface area (Å²) >= 11 is 3.28. The largest absolute Gasteiger partial charge is 0.482 e. The van der Waals surface area contributed by atoms with E-state index in [0.29, 0.717) is 21.4 Å². The molecule has 2 N–H and O–H groups in total. The lowest BCUT2D eigenvalue weighted by Crippen LogP contribution is -2.11. The number of nitroso groups, excluding NO2 is 1. The second-order valence-corrected chi connectivity index (χ2v) is 7.38. The molecule has 0 aliphatic heterocycles. The molecule has 0 saturated carbocycles. The number of rotatable bonds is 8. The quantitative estimate of drug-likeness (QED) is 0.273. The predicted octanol–water partition coefficient (Wildman–Crippen LogP) is 4.64. The van der Waals surface area contributed by atoms with Gasteiger partial charge in [0.2, 0.25) is 5.82 Å². The molecular weight excluding hydrogens is 481 g/mol. The van der Waals surface area contributed by atoms with Gasteiger partial charge in [0.05, 0.1) is 23.5 Å². The van der Waals surface area contributed by atoms with Crippen LogP contribution >= 0.6 is 15.9 Å². The van der Waals surface area contributed by atoms with Gasteiger partial charge in [0.15, 0.2) is 5.75 Å². The Balaban J connectivity index is 1.95. The monoisotopic (exact) mass is 497 g/mol. The number of aromatic nitrogens is 3. The summed E-state index contributed by atoms with van der Waals surface area (Å²) in [6.45, 7) is 1.92. The molecule has 0 fully saturated rings. The van der Waals surface area contributed by atoms with Crippen LogP contribution in [0.3, 0.4) is 0 Å². The van der Waals surface area contributed by atoms with Gasteiger partial charge in [0.25, 0.3) is 0 Å². The van der Waals surface area contributed by atoms with Crippen molar-refractivity contribution in [1.29, 1.82) is 5.26 Å². The Morgan fingerprint density at radius 2 is 2.25 bits per heavy atom. The first-order chi connectivity index (χ1) is 15.5. The zero-order valence-electron chi connectivity index (χ0n) is 16.8. The third kappa shape index (κ3) is 5.22. The minimum Gasteiger partial charge on any atom is -0.482 e. The van der Waals surface area contributed by atoms with Crippen molar-refractivity contribution in [2.24, 2.45) is 15.9 Å². The smallest absolute Gasteiger partial charge is 0.239 e. The fraction of sp³-hybridized carbons (Fsp3) is 0.143. The van der Waals surface area contributed by atoms with Crippen molar-refractivity contribution in [3.8, 4) is 17.5 Å². The van der Waals surface area contributed by atoms with Gasteiger partial charge in [-0.25, -0.2) is 14.1 Å². The fourth-order valence-electron chi connectivity index (χ4n) is 2.88. The summed E-state index contributed by atoms with van der Waals surface area (Å²) in [5.41, 5.74) is 7.31. The SMILES string of the molecule is CC(Oc1cc(Br)cnc1N=O)c1cc(F)ccc1-n1nccc1CN=CC(C#N)=CN. The molecule has 9 nitrogen and oxygen atoms in total. The molecule has 32 heavy (non-hydrogen) atoms. The van der Waals surface area contributed by atoms with Crippen molar-refractivity contribution >= 4 is 28.0 Å². The molecule has 2 heterocycles. The van der Waals surface area contributed by atoms with E-state index in [1.165, 1.54) is 24.5 Å². The molecule has 0 spiro atoms. The Bertz CT molecular complexity index is 1230. The van der Waals surface area contributed by atoms with E-state index >= 15 is 0 Å². The second kappa shape index (κ2) is 10.4. The Labute approximate surface area is 191 Å². The van der Waals surface area contributed by atoms with E-state index in [0.717, 1.165) is 6.20 Å². The van der Waals surface area contributed by atoms with Gasteiger partial charge in [-0.05, 0) is 58.4 Å². The van der Waals surface area contributed by atoms with E-state index in [2.05, 4.69) is 36.2 Å². The zero-order chi connectivity index (χ0) is 23.1. The maximum Gasteiger partial charge on any atom is 0.239 e. The van der Waals surface area contributed by atoms with Crippen LogP contribution in [0, 0.1) is 22.1 Å². The number of nitrogens with zero attached hydrogens (tertiary/aromatic N) is 6. The Morgan fingerprint density at radius 3 is 2.97 bits per heavy atom. The molecule has 0 amide bonds. The molecule has 0 radical (unpaired) electrons. The van der Waals surface area contributed by atoms with E-state index < -0.39 is 11.9 Å². The molecule has 1 unspecified atom stereocenters. The molecule has 0 aliphatic carbocycles. The fourth-order valence-corrected chi connectivity index (χ4v) is 3.19. The molecule has 162 valence electrons. The molecule has 0 bridgehead atoms. The molecule has 3 rings (SSSR count). The number of nitrogens with two attached hydrogens (primary N) is 1. The molecule has 3 aromatic rings. The highest BCUT2D eigenvalue weighted by Gasteiger charge is 2.19. The molecule has 2 aromatic heterocycles. The van der Waals surface area contributed by atoms with Crippen LogP contribution in [0.25, 0.3) is 5.69 Å². The van der Waals surface area contributed by atoms with Gasteiger partial charge in [0, 0.05) is 34.8 Å². The average molecular weight is 498 g/mol. The Kier molecular flexibility index (Phi) is 7.41. The van der Waals surface area contributed by atoms with Crippen LogP contribution in [0.15, 0.2) is 69.1 Å². The normalized spacial score (nSPS) is 12.5. The molecular formula is C21H17BrFN7O2. The number of benzene rings is 1. The van der Waals surface area contributed by atoms with Gasteiger partial charge in [-0.15, -0.1) is 4.91 Å². The third-order valence-electron chi connectivity index (χ3n) is 4.36. The van der Waals surface area contributed by atoms with Gasteiger partial charge < -0.3 is 10.5 Å². The lowest BCUT2D eigenvalue weighted by atomic mass is 10.1. The van der Waals surface area contributed by atoms with Crippen molar-refractivity contribution in [1.82, 2.24) is 14.8 Å². The maximum absolute atomic E-state index is 14.1. The summed E-state index contributed by atoms with van der Waals surface area (Å²) in [5, 5.41) is 16.1. The summed E-state index contributed by atoms with van der Waals surface area (Å²) in [4.78, 5) is 19.2. The van der Waals surface area contributed by atoms with Crippen LogP contribution < -0.4 is 10.5 Å². The predicted molar refractivity (Wildman–Crippen MR) is 120 cm³/mol. The third-order valence-corrected chi connectivity index (χ3v) is 4.79. The molecule has 0 saturated heterocycles. The van der Waals surface area contributed by atoms with Crippen molar-refractivity contribution in [3.63, 3.8) is 0 Å². The Hall–Kier alpha value is -3.91. The van der Waals surface area contributed by atoms with Crippen molar-refractivity contribution < 1.29 is 9.13 Å². The number of hydrogen-bond donors (Lipinski definition) is 1. The number of pyridine rings is 1. The molecule has 11 heteroatoms. The topological polar surface area (TPSA) is 132 Å². The standard InChI is InChI=1S/C21H17BrFN7O2/c1-13(32-20-6-15(22)11-27-21(20)29-31)18-7-16(23)2-3-19(18)30-17(4-5-28-30)12-26-10-14(8-24)9-25/h2-8,10-11,13H,12,24H2,1H3.